The van der Waals surface area contributed by atoms with Crippen molar-refractivity contribution in [1.29, 1.82) is 0 Å². The van der Waals surface area contributed by atoms with Crippen LogP contribution < -0.4 is 11.2 Å². The van der Waals surface area contributed by atoms with Gasteiger partial charge in [0.05, 0.1) is 5.69 Å². The minimum Gasteiger partial charge on any atom is -0.394 e. The summed E-state index contributed by atoms with van der Waals surface area (Å²) in [6.07, 6.45) is 5.83. The monoisotopic (exact) mass is 194 g/mol. The highest BCUT2D eigenvalue weighted by molar-refractivity contribution is 5.33. The summed E-state index contributed by atoms with van der Waals surface area (Å²) in [7, 11) is 0. The smallest absolute Gasteiger partial charge is 0.204 e. The molecule has 1 rings (SSSR count). The first kappa shape index (κ1) is 10.8. The van der Waals surface area contributed by atoms with Crippen molar-refractivity contribution in [3.63, 3.8) is 0 Å². The Labute approximate surface area is 84.6 Å². The van der Waals surface area contributed by atoms with Crippen LogP contribution in [0.3, 0.4) is 0 Å². The van der Waals surface area contributed by atoms with Gasteiger partial charge in [-0.1, -0.05) is 13.8 Å². The summed E-state index contributed by atoms with van der Waals surface area (Å²) in [5, 5.41) is 0. The number of hydrogen-bond donors (Lipinski definition) is 1. The second kappa shape index (κ2) is 4.84. The number of nitrogens with two attached hydrogens (primary N) is 1. The van der Waals surface area contributed by atoms with Crippen molar-refractivity contribution in [2.45, 2.75) is 33.2 Å². The summed E-state index contributed by atoms with van der Waals surface area (Å²) in [5.41, 5.74) is 5.76. The maximum Gasteiger partial charge on any atom is 0.204 e. The predicted octanol–water partition coefficient (Wildman–Crippen LogP) is 1.87. The predicted molar refractivity (Wildman–Crippen MR) is 59.2 cm³/mol. The lowest BCUT2D eigenvalue weighted by molar-refractivity contribution is 0.511. The fourth-order valence-corrected chi connectivity index (χ4v) is 1.37. The molecule has 0 aliphatic heterocycles. The first-order chi connectivity index (χ1) is 6.59. The van der Waals surface area contributed by atoms with Gasteiger partial charge in [-0.3, -0.25) is 4.79 Å². The molecule has 0 atom stereocenters. The van der Waals surface area contributed by atoms with Gasteiger partial charge < -0.3 is 10.3 Å². The van der Waals surface area contributed by atoms with Crippen LogP contribution in [0.2, 0.25) is 0 Å². The molecule has 0 aliphatic rings. The Morgan fingerprint density at radius 1 is 1.50 bits per heavy atom. The molecule has 3 nitrogen and oxygen atoms in total. The van der Waals surface area contributed by atoms with Crippen molar-refractivity contribution in [3.8, 4) is 0 Å². The summed E-state index contributed by atoms with van der Waals surface area (Å²) in [5.74, 6) is 0.728. The minimum absolute atomic E-state index is 0.0925. The number of aryl methyl sites for hydroxylation is 1. The van der Waals surface area contributed by atoms with Gasteiger partial charge in [0.1, 0.15) is 0 Å². The second-order valence-corrected chi connectivity index (χ2v) is 4.04. The van der Waals surface area contributed by atoms with Crippen molar-refractivity contribution in [2.75, 3.05) is 5.73 Å². The molecule has 3 heteroatoms. The summed E-state index contributed by atoms with van der Waals surface area (Å²) >= 11 is 0. The minimum atomic E-state index is -0.0925. The molecule has 1 heterocycles. The highest BCUT2D eigenvalue weighted by atomic mass is 16.1. The van der Waals surface area contributed by atoms with Crippen molar-refractivity contribution in [1.82, 2.24) is 4.57 Å². The van der Waals surface area contributed by atoms with Crippen molar-refractivity contribution >= 4 is 5.69 Å². The third-order valence-electron chi connectivity index (χ3n) is 2.20. The maximum atomic E-state index is 11.0. The third-order valence-corrected chi connectivity index (χ3v) is 2.20. The SMILES string of the molecule is CC(C)CCCn1ccc(=O)c(N)c1. The van der Waals surface area contributed by atoms with E-state index in [0.717, 1.165) is 18.9 Å². The lowest BCUT2D eigenvalue weighted by Crippen LogP contribution is -2.11. The third kappa shape index (κ3) is 3.24. The molecule has 0 bridgehead atoms. The standard InChI is InChI=1S/C11H18N2O/c1-9(2)4-3-6-13-7-5-11(14)10(12)8-13/h5,7-9H,3-4,6,12H2,1-2H3. The van der Waals surface area contributed by atoms with E-state index in [1.54, 1.807) is 12.4 Å². The van der Waals surface area contributed by atoms with E-state index in [0.29, 0.717) is 5.69 Å². The highest BCUT2D eigenvalue weighted by Crippen LogP contribution is 2.05. The van der Waals surface area contributed by atoms with E-state index in [4.69, 9.17) is 5.73 Å². The van der Waals surface area contributed by atoms with Crippen LogP contribution in [0.4, 0.5) is 5.69 Å². The largest absolute Gasteiger partial charge is 0.394 e. The van der Waals surface area contributed by atoms with Gasteiger partial charge in [-0.15, -0.1) is 0 Å². The van der Waals surface area contributed by atoms with E-state index in [2.05, 4.69) is 13.8 Å². The molecule has 0 radical (unpaired) electrons. The number of pyridine rings is 1. The molecule has 14 heavy (non-hydrogen) atoms. The van der Waals surface area contributed by atoms with Gasteiger partial charge in [0.15, 0.2) is 0 Å². The zero-order valence-electron chi connectivity index (χ0n) is 8.86. The molecule has 0 saturated heterocycles. The molecule has 0 fully saturated rings. The van der Waals surface area contributed by atoms with E-state index in [9.17, 15) is 4.79 Å². The quantitative estimate of drug-likeness (QED) is 0.795. The molecule has 1 aromatic rings. The van der Waals surface area contributed by atoms with E-state index in [1.807, 2.05) is 4.57 Å². The van der Waals surface area contributed by atoms with Crippen LogP contribution in [0.15, 0.2) is 23.3 Å². The molecule has 0 saturated carbocycles. The summed E-state index contributed by atoms with van der Waals surface area (Å²) in [6, 6.07) is 1.52. The Morgan fingerprint density at radius 3 is 2.79 bits per heavy atom. The molecule has 0 spiro atoms. The van der Waals surface area contributed by atoms with Gasteiger partial charge >= 0.3 is 0 Å². The number of aromatic nitrogens is 1. The van der Waals surface area contributed by atoms with Crippen molar-refractivity contribution in [3.05, 3.63) is 28.7 Å². The van der Waals surface area contributed by atoms with Crippen LogP contribution in [0.5, 0.6) is 0 Å². The summed E-state index contributed by atoms with van der Waals surface area (Å²) in [4.78, 5) is 11.0. The van der Waals surface area contributed by atoms with Crippen LogP contribution in [-0.2, 0) is 6.54 Å². The first-order valence-corrected chi connectivity index (χ1v) is 5.05. The molecule has 0 unspecified atom stereocenters. The van der Waals surface area contributed by atoms with Crippen molar-refractivity contribution in [2.24, 2.45) is 5.92 Å². The van der Waals surface area contributed by atoms with Gasteiger partial charge in [-0.05, 0) is 18.8 Å². The Kier molecular flexibility index (Phi) is 3.74. The van der Waals surface area contributed by atoms with Gasteiger partial charge in [-0.25, -0.2) is 0 Å². The lowest BCUT2D eigenvalue weighted by Gasteiger charge is -2.08. The van der Waals surface area contributed by atoms with Crippen LogP contribution >= 0.6 is 0 Å². The average molecular weight is 194 g/mol. The van der Waals surface area contributed by atoms with Crippen LogP contribution in [0.25, 0.3) is 0 Å². The Morgan fingerprint density at radius 2 is 2.21 bits per heavy atom. The molecule has 0 amide bonds. The molecule has 1 aromatic heterocycles. The zero-order chi connectivity index (χ0) is 10.6. The van der Waals surface area contributed by atoms with Crippen LogP contribution in [0.1, 0.15) is 26.7 Å². The Balaban J connectivity index is 2.52. The molecule has 2 N–H and O–H groups in total. The van der Waals surface area contributed by atoms with Crippen LogP contribution in [-0.4, -0.2) is 4.57 Å². The molecule has 78 valence electrons. The van der Waals surface area contributed by atoms with Crippen molar-refractivity contribution < 1.29 is 0 Å². The highest BCUT2D eigenvalue weighted by Gasteiger charge is 1.97. The summed E-state index contributed by atoms with van der Waals surface area (Å²) in [6.45, 7) is 5.35. The average Bonchev–Trinajstić information content (AvgIpc) is 2.10. The number of nitrogens with zero attached hydrogens (tertiary/aromatic N) is 1. The topological polar surface area (TPSA) is 48.0 Å². The fraction of sp³-hybridized carbons (Fsp3) is 0.545. The second-order valence-electron chi connectivity index (χ2n) is 4.04. The van der Waals surface area contributed by atoms with Gasteiger partial charge in [0, 0.05) is 25.0 Å². The molecule has 0 aromatic carbocycles. The number of nitrogen functional groups attached to an aromatic ring is 1. The van der Waals surface area contributed by atoms with E-state index in [-0.39, 0.29) is 5.43 Å². The zero-order valence-corrected chi connectivity index (χ0v) is 8.86. The Hall–Kier alpha value is -1.25. The van der Waals surface area contributed by atoms with E-state index >= 15 is 0 Å². The van der Waals surface area contributed by atoms with E-state index < -0.39 is 0 Å². The van der Waals surface area contributed by atoms with Gasteiger partial charge in [-0.2, -0.15) is 0 Å². The first-order valence-electron chi connectivity index (χ1n) is 5.05. The van der Waals surface area contributed by atoms with Crippen LogP contribution in [0, 0.1) is 5.92 Å². The maximum absolute atomic E-state index is 11.0. The fourth-order valence-electron chi connectivity index (χ4n) is 1.37. The number of rotatable bonds is 4. The van der Waals surface area contributed by atoms with Gasteiger partial charge in [0.25, 0.3) is 0 Å². The lowest BCUT2D eigenvalue weighted by atomic mass is 10.1. The summed E-state index contributed by atoms with van der Waals surface area (Å²) < 4.78 is 1.97. The molecular weight excluding hydrogens is 176 g/mol. The van der Waals surface area contributed by atoms with E-state index in [1.165, 1.54) is 12.5 Å². The Bertz CT molecular complexity index is 341. The normalized spacial score (nSPS) is 10.8. The number of anilines is 1. The molecule has 0 aliphatic carbocycles. The molecular formula is C11H18N2O. The number of hydrogen-bond acceptors (Lipinski definition) is 2. The van der Waals surface area contributed by atoms with Gasteiger partial charge in [0.2, 0.25) is 5.43 Å².